The van der Waals surface area contributed by atoms with Gasteiger partial charge in [-0.05, 0) is 6.07 Å². The number of ether oxygens (including phenoxy) is 1. The van der Waals surface area contributed by atoms with E-state index in [4.69, 9.17) is 4.74 Å². The van der Waals surface area contributed by atoms with Gasteiger partial charge in [0.15, 0.2) is 0 Å². The van der Waals surface area contributed by atoms with Crippen molar-refractivity contribution in [2.45, 2.75) is 6.54 Å². The topological polar surface area (TPSA) is 56.9 Å². The van der Waals surface area contributed by atoms with E-state index in [1.165, 1.54) is 0 Å². The van der Waals surface area contributed by atoms with Crippen LogP contribution < -0.4 is 10.1 Å². The van der Waals surface area contributed by atoms with Crippen molar-refractivity contribution in [3.63, 3.8) is 0 Å². The molecule has 0 saturated heterocycles. The maximum absolute atomic E-state index is 5.14. The van der Waals surface area contributed by atoms with Gasteiger partial charge in [-0.1, -0.05) is 0 Å². The van der Waals surface area contributed by atoms with Crippen molar-refractivity contribution >= 4 is 18.1 Å². The van der Waals surface area contributed by atoms with E-state index in [1.54, 1.807) is 16.5 Å². The van der Waals surface area contributed by atoms with E-state index in [-0.39, 0.29) is 12.4 Å². The first-order chi connectivity index (χ1) is 7.69. The van der Waals surface area contributed by atoms with E-state index < -0.39 is 0 Å². The molecule has 0 aliphatic carbocycles. The summed E-state index contributed by atoms with van der Waals surface area (Å²) >= 11 is 0. The molecule has 0 saturated carbocycles. The lowest BCUT2D eigenvalue weighted by Crippen LogP contribution is -2.01. The maximum Gasteiger partial charge on any atom is 0.256 e. The maximum atomic E-state index is 5.14. The van der Waals surface area contributed by atoms with Gasteiger partial charge in [-0.2, -0.15) is 5.10 Å². The lowest BCUT2D eigenvalue weighted by atomic mass is 10.4. The Morgan fingerprint density at radius 1 is 1.29 bits per heavy atom. The van der Waals surface area contributed by atoms with Crippen LogP contribution in [0, 0.1) is 0 Å². The van der Waals surface area contributed by atoms with Gasteiger partial charge in [0, 0.05) is 20.3 Å². The van der Waals surface area contributed by atoms with Gasteiger partial charge >= 0.3 is 0 Å². The number of nitrogens with zero attached hydrogens (tertiary/aromatic N) is 4. The van der Waals surface area contributed by atoms with E-state index >= 15 is 0 Å². The fourth-order valence-electron chi connectivity index (χ4n) is 1.48. The first kappa shape index (κ1) is 13.4. The van der Waals surface area contributed by atoms with Crippen molar-refractivity contribution < 1.29 is 4.74 Å². The number of methoxy groups -OCH3 is 1. The van der Waals surface area contributed by atoms with Gasteiger partial charge in [-0.15, -0.1) is 17.5 Å². The average Bonchev–Trinajstić information content (AvgIpc) is 2.81. The Kier molecular flexibility index (Phi) is 4.39. The van der Waals surface area contributed by atoms with Crippen LogP contribution in [0.4, 0.5) is 5.69 Å². The highest BCUT2D eigenvalue weighted by molar-refractivity contribution is 5.85. The molecule has 94 valence electrons. The zero-order chi connectivity index (χ0) is 11.5. The molecule has 2 rings (SSSR count). The predicted molar refractivity (Wildman–Crippen MR) is 67.5 cm³/mol. The first-order valence-corrected chi connectivity index (χ1v) is 4.99. The molecule has 0 fully saturated rings. The Morgan fingerprint density at radius 3 is 2.65 bits per heavy atom. The molecule has 7 heteroatoms. The lowest BCUT2D eigenvalue weighted by molar-refractivity contribution is 0.393. The zero-order valence-electron chi connectivity index (χ0n) is 10.0. The van der Waals surface area contributed by atoms with Crippen LogP contribution in [0.3, 0.4) is 0 Å². The van der Waals surface area contributed by atoms with Crippen LogP contribution in [0.2, 0.25) is 0 Å². The molecular formula is C10H16ClN5O. The summed E-state index contributed by atoms with van der Waals surface area (Å²) in [5.74, 6) is 0.596. The molecule has 0 atom stereocenters. The molecule has 0 aliphatic rings. The highest BCUT2D eigenvalue weighted by Gasteiger charge is 2.07. The van der Waals surface area contributed by atoms with Crippen molar-refractivity contribution in [1.82, 2.24) is 19.6 Å². The monoisotopic (exact) mass is 257 g/mol. The van der Waals surface area contributed by atoms with Crippen LogP contribution >= 0.6 is 12.4 Å². The second-order valence-corrected chi connectivity index (χ2v) is 3.56. The number of aryl methyl sites for hydroxylation is 2. The molecule has 0 unspecified atom stereocenters. The zero-order valence-corrected chi connectivity index (χ0v) is 10.9. The number of rotatable bonds is 4. The Balaban J connectivity index is 0.00000144. The SMILES string of the molecule is COc1nn(C)cc1NCc1ccn(C)n1.Cl. The molecule has 2 heterocycles. The Labute approximate surface area is 106 Å². The molecule has 0 amide bonds. The largest absolute Gasteiger partial charge is 0.478 e. The second-order valence-electron chi connectivity index (χ2n) is 3.56. The minimum Gasteiger partial charge on any atom is -0.478 e. The Hall–Kier alpha value is -1.69. The van der Waals surface area contributed by atoms with Gasteiger partial charge in [0.2, 0.25) is 0 Å². The van der Waals surface area contributed by atoms with E-state index in [9.17, 15) is 0 Å². The highest BCUT2D eigenvalue weighted by atomic mass is 35.5. The van der Waals surface area contributed by atoms with E-state index in [0.29, 0.717) is 12.4 Å². The molecule has 2 aromatic rings. The minimum absolute atomic E-state index is 0. The van der Waals surface area contributed by atoms with Crippen LogP contribution in [-0.2, 0) is 20.6 Å². The van der Waals surface area contributed by atoms with Gasteiger partial charge in [-0.25, -0.2) is 0 Å². The molecule has 1 N–H and O–H groups in total. The molecular weight excluding hydrogens is 242 g/mol. The second kappa shape index (κ2) is 5.58. The van der Waals surface area contributed by atoms with E-state index in [1.807, 2.05) is 32.6 Å². The van der Waals surface area contributed by atoms with Crippen molar-refractivity contribution in [2.75, 3.05) is 12.4 Å². The van der Waals surface area contributed by atoms with Crippen molar-refractivity contribution in [3.05, 3.63) is 24.2 Å². The van der Waals surface area contributed by atoms with E-state index in [0.717, 1.165) is 11.4 Å². The highest BCUT2D eigenvalue weighted by Crippen LogP contribution is 2.21. The van der Waals surface area contributed by atoms with Gasteiger partial charge in [0.1, 0.15) is 5.69 Å². The van der Waals surface area contributed by atoms with Crippen molar-refractivity contribution in [1.29, 1.82) is 0 Å². The van der Waals surface area contributed by atoms with Crippen LogP contribution in [0.1, 0.15) is 5.69 Å². The number of hydrogen-bond donors (Lipinski definition) is 1. The van der Waals surface area contributed by atoms with E-state index in [2.05, 4.69) is 15.5 Å². The van der Waals surface area contributed by atoms with Gasteiger partial charge in [0.25, 0.3) is 5.88 Å². The predicted octanol–water partition coefficient (Wildman–Crippen LogP) is 1.20. The third kappa shape index (κ3) is 3.13. The molecule has 0 aliphatic heterocycles. The Bertz CT molecular complexity index is 479. The molecule has 6 nitrogen and oxygen atoms in total. The third-order valence-electron chi connectivity index (χ3n) is 2.22. The quantitative estimate of drug-likeness (QED) is 0.894. The van der Waals surface area contributed by atoms with Crippen molar-refractivity contribution in [3.8, 4) is 5.88 Å². The number of aromatic nitrogens is 4. The summed E-state index contributed by atoms with van der Waals surface area (Å²) in [5, 5.41) is 11.7. The summed E-state index contributed by atoms with van der Waals surface area (Å²) in [7, 11) is 5.36. The molecule has 0 bridgehead atoms. The Morgan fingerprint density at radius 2 is 2.06 bits per heavy atom. The fourth-order valence-corrected chi connectivity index (χ4v) is 1.48. The number of halogens is 1. The standard InChI is InChI=1S/C10H15N5O.ClH/c1-14-5-4-8(12-14)6-11-9-7-15(2)13-10(9)16-3;/h4-5,7,11H,6H2,1-3H3;1H. The summed E-state index contributed by atoms with van der Waals surface area (Å²) in [5.41, 5.74) is 1.85. The molecule has 0 spiro atoms. The van der Waals surface area contributed by atoms with Crippen molar-refractivity contribution in [2.24, 2.45) is 14.1 Å². The summed E-state index contributed by atoms with van der Waals surface area (Å²) in [4.78, 5) is 0. The number of nitrogens with one attached hydrogen (secondary N) is 1. The van der Waals surface area contributed by atoms with Crippen LogP contribution in [0.25, 0.3) is 0 Å². The van der Waals surface area contributed by atoms with Crippen LogP contribution in [-0.4, -0.2) is 26.7 Å². The molecule has 17 heavy (non-hydrogen) atoms. The first-order valence-electron chi connectivity index (χ1n) is 4.99. The lowest BCUT2D eigenvalue weighted by Gasteiger charge is -2.02. The molecule has 0 aromatic carbocycles. The van der Waals surface area contributed by atoms with Crippen LogP contribution in [0.15, 0.2) is 18.5 Å². The summed E-state index contributed by atoms with van der Waals surface area (Å²) in [6.45, 7) is 0.656. The van der Waals surface area contributed by atoms with Crippen LogP contribution in [0.5, 0.6) is 5.88 Å². The number of hydrogen-bond acceptors (Lipinski definition) is 4. The molecule has 2 aromatic heterocycles. The summed E-state index contributed by atoms with van der Waals surface area (Å²) < 4.78 is 8.62. The smallest absolute Gasteiger partial charge is 0.256 e. The fraction of sp³-hybridized carbons (Fsp3) is 0.400. The normalized spacial score (nSPS) is 9.82. The van der Waals surface area contributed by atoms with Gasteiger partial charge < -0.3 is 10.1 Å². The van der Waals surface area contributed by atoms with Gasteiger partial charge in [0.05, 0.1) is 25.5 Å². The average molecular weight is 258 g/mol. The third-order valence-corrected chi connectivity index (χ3v) is 2.22. The number of anilines is 1. The summed E-state index contributed by atoms with van der Waals surface area (Å²) in [6, 6.07) is 1.97. The van der Waals surface area contributed by atoms with Gasteiger partial charge in [-0.3, -0.25) is 9.36 Å². The minimum atomic E-state index is 0. The summed E-state index contributed by atoms with van der Waals surface area (Å²) in [6.07, 6.45) is 3.79. The molecule has 0 radical (unpaired) electrons.